The van der Waals surface area contributed by atoms with E-state index in [4.69, 9.17) is 61.7 Å². The summed E-state index contributed by atoms with van der Waals surface area (Å²) in [5.41, 5.74) is 7.07. The maximum atomic E-state index is 12.5. The minimum absolute atomic E-state index is 0.0240. The van der Waals surface area contributed by atoms with Crippen molar-refractivity contribution in [2.45, 2.75) is 32.4 Å². The van der Waals surface area contributed by atoms with E-state index in [0.717, 1.165) is 39.9 Å². The summed E-state index contributed by atoms with van der Waals surface area (Å²) in [4.78, 5) is 32.6. The Bertz CT molecular complexity index is 2240. The Labute approximate surface area is 346 Å². The third-order valence-corrected chi connectivity index (χ3v) is 9.23. The van der Waals surface area contributed by atoms with Gasteiger partial charge >= 0.3 is 24.1 Å². The Morgan fingerprint density at radius 3 is 1.04 bits per heavy atom. The van der Waals surface area contributed by atoms with Gasteiger partial charge in [-0.2, -0.15) is 13.2 Å². The van der Waals surface area contributed by atoms with Crippen molar-refractivity contribution in [3.05, 3.63) is 175 Å². The van der Waals surface area contributed by atoms with Gasteiger partial charge in [0.05, 0.1) is 24.8 Å². The predicted octanol–water partition coefficient (Wildman–Crippen LogP) is 12.9. The number of carbonyl (C=O) groups is 3. The molecule has 0 saturated carbocycles. The summed E-state index contributed by atoms with van der Waals surface area (Å²) in [5.74, 6) is -2.77. The molecule has 294 valence electrons. The number of carboxylic acid groups (broad SMARTS) is 3. The van der Waals surface area contributed by atoms with E-state index in [9.17, 15) is 27.6 Å². The highest BCUT2D eigenvalue weighted by Crippen LogP contribution is 2.33. The largest absolute Gasteiger partial charge is 0.481 e. The molecule has 0 aliphatic heterocycles. The Balaban J connectivity index is 0.000000190. The van der Waals surface area contributed by atoms with E-state index in [1.54, 1.807) is 48.5 Å². The minimum Gasteiger partial charge on any atom is -0.481 e. The summed E-state index contributed by atoms with van der Waals surface area (Å²) in [6.07, 6.45) is -4.73. The molecule has 0 aromatic heterocycles. The number of hydrogen-bond acceptors (Lipinski definition) is 3. The summed E-state index contributed by atoms with van der Waals surface area (Å²) in [6, 6.07) is 35.1. The fraction of sp³-hybridized carbons (Fsp3) is 0.114. The molecule has 0 spiro atoms. The molecule has 0 atom stereocenters. The van der Waals surface area contributed by atoms with Crippen LogP contribution in [0.5, 0.6) is 0 Å². The second kappa shape index (κ2) is 20.2. The van der Waals surface area contributed by atoms with Gasteiger partial charge in [-0.3, -0.25) is 14.4 Å². The lowest BCUT2D eigenvalue weighted by Gasteiger charge is -2.11. The van der Waals surface area contributed by atoms with E-state index in [-0.39, 0.29) is 19.3 Å². The van der Waals surface area contributed by atoms with Crippen molar-refractivity contribution in [2.24, 2.45) is 0 Å². The Kier molecular flexibility index (Phi) is 15.7. The van der Waals surface area contributed by atoms with Gasteiger partial charge in [0.15, 0.2) is 0 Å². The number of benzene rings is 6. The number of halogens is 7. The smallest absolute Gasteiger partial charge is 0.416 e. The van der Waals surface area contributed by atoms with Crippen molar-refractivity contribution in [2.75, 3.05) is 0 Å². The van der Waals surface area contributed by atoms with Crippen LogP contribution in [0.15, 0.2) is 127 Å². The van der Waals surface area contributed by atoms with Gasteiger partial charge in [0.2, 0.25) is 0 Å². The first-order valence-electron chi connectivity index (χ1n) is 16.9. The normalized spacial score (nSPS) is 10.7. The predicted molar refractivity (Wildman–Crippen MR) is 219 cm³/mol. The van der Waals surface area contributed by atoms with Gasteiger partial charge in [0.25, 0.3) is 0 Å². The highest BCUT2D eigenvalue weighted by molar-refractivity contribution is 6.31. The zero-order chi connectivity index (χ0) is 41.9. The zero-order valence-corrected chi connectivity index (χ0v) is 33.0. The van der Waals surface area contributed by atoms with Crippen molar-refractivity contribution in [3.8, 4) is 33.4 Å². The van der Waals surface area contributed by atoms with E-state index in [1.165, 1.54) is 23.8 Å². The van der Waals surface area contributed by atoms with Gasteiger partial charge in [-0.25, -0.2) is 0 Å². The molecule has 0 unspecified atom stereocenters. The summed E-state index contributed by atoms with van der Waals surface area (Å²) in [7, 11) is 0. The lowest BCUT2D eigenvalue weighted by molar-refractivity contribution is -0.138. The standard InChI is InChI=1S/C15H10ClF3O2.C15H13ClO2.C14H10Cl2O2/c16-12-5-6-13(10(7-12)8-14(20)21)9-1-3-11(4-2-9)15(17,18)19;1-10-2-4-11(5-3-10)14-7-6-13(16)8-12(14)9-15(17)18;15-11-3-1-9(2-4-11)13-6-5-12(16)7-10(13)8-14(17)18/h1-7H,8H2,(H,20,21);2-8H,9H2,1H3,(H,17,18);1-7H,8H2,(H,17,18). The fourth-order valence-corrected chi connectivity index (χ4v) is 6.37. The molecule has 0 amide bonds. The molecule has 0 radical (unpaired) electrons. The van der Waals surface area contributed by atoms with Gasteiger partial charge in [-0.05, 0) is 118 Å². The minimum atomic E-state index is -4.40. The fourth-order valence-electron chi connectivity index (χ4n) is 5.66. The van der Waals surface area contributed by atoms with Gasteiger partial charge in [0.1, 0.15) is 0 Å². The highest BCUT2D eigenvalue weighted by Gasteiger charge is 2.30. The SMILES string of the molecule is Cc1ccc(-c2ccc(Cl)cc2CC(=O)O)cc1.O=C(O)Cc1cc(Cl)ccc1-c1ccc(C(F)(F)F)cc1.O=C(O)Cc1cc(Cl)ccc1-c1ccc(Cl)cc1. The first kappa shape index (κ1) is 44.4. The average molecular weight is 857 g/mol. The number of aryl methyl sites for hydroxylation is 1. The number of hydrogen-bond donors (Lipinski definition) is 3. The molecule has 0 aliphatic rings. The third kappa shape index (κ3) is 13.7. The molecule has 6 nitrogen and oxygen atoms in total. The van der Waals surface area contributed by atoms with Crippen molar-refractivity contribution in [1.29, 1.82) is 0 Å². The lowest BCUT2D eigenvalue weighted by Crippen LogP contribution is -2.04. The summed E-state index contributed by atoms with van der Waals surface area (Å²) >= 11 is 23.5. The number of alkyl halides is 3. The van der Waals surface area contributed by atoms with Crippen LogP contribution in [0, 0.1) is 6.92 Å². The number of carboxylic acids is 3. The first-order valence-corrected chi connectivity index (χ1v) is 18.4. The van der Waals surface area contributed by atoms with Crippen LogP contribution >= 0.6 is 46.4 Å². The molecule has 6 rings (SSSR count). The second-order valence-electron chi connectivity index (χ2n) is 12.6. The Hall–Kier alpha value is -5.32. The van der Waals surface area contributed by atoms with Crippen LogP contribution in [0.1, 0.15) is 27.8 Å². The van der Waals surface area contributed by atoms with Crippen LogP contribution < -0.4 is 0 Å². The van der Waals surface area contributed by atoms with Gasteiger partial charge < -0.3 is 15.3 Å². The van der Waals surface area contributed by atoms with E-state index in [2.05, 4.69) is 0 Å². The summed E-state index contributed by atoms with van der Waals surface area (Å²) in [6.45, 7) is 2.02. The van der Waals surface area contributed by atoms with Crippen molar-refractivity contribution in [1.82, 2.24) is 0 Å². The average Bonchev–Trinajstić information content (AvgIpc) is 3.12. The maximum Gasteiger partial charge on any atom is 0.416 e. The molecule has 57 heavy (non-hydrogen) atoms. The van der Waals surface area contributed by atoms with Gasteiger partial charge in [-0.15, -0.1) is 0 Å². The molecule has 0 saturated heterocycles. The van der Waals surface area contributed by atoms with E-state index in [0.29, 0.717) is 42.3 Å². The summed E-state index contributed by atoms with van der Waals surface area (Å²) in [5, 5.41) is 28.8. The lowest BCUT2D eigenvalue weighted by atomic mass is 9.97. The molecule has 6 aromatic rings. The molecule has 3 N–H and O–H groups in total. The van der Waals surface area contributed by atoms with Crippen LogP contribution in [0.3, 0.4) is 0 Å². The van der Waals surface area contributed by atoms with Crippen LogP contribution in [0.25, 0.3) is 33.4 Å². The zero-order valence-electron chi connectivity index (χ0n) is 30.0. The molecule has 0 aliphatic carbocycles. The van der Waals surface area contributed by atoms with Crippen LogP contribution in [-0.2, 0) is 39.8 Å². The van der Waals surface area contributed by atoms with Crippen LogP contribution in [0.2, 0.25) is 20.1 Å². The molecular formula is C44H33Cl4F3O6. The quantitative estimate of drug-likeness (QED) is 0.134. The van der Waals surface area contributed by atoms with E-state index >= 15 is 0 Å². The molecule has 0 heterocycles. The molecule has 13 heteroatoms. The van der Waals surface area contributed by atoms with E-state index < -0.39 is 29.6 Å². The van der Waals surface area contributed by atoms with Crippen LogP contribution in [-0.4, -0.2) is 33.2 Å². The van der Waals surface area contributed by atoms with Crippen LogP contribution in [0.4, 0.5) is 13.2 Å². The topological polar surface area (TPSA) is 112 Å². The third-order valence-electron chi connectivity index (χ3n) is 8.27. The molecule has 6 aromatic carbocycles. The van der Waals surface area contributed by atoms with Crippen molar-refractivity contribution < 1.29 is 42.9 Å². The molecular weight excluding hydrogens is 823 g/mol. The first-order chi connectivity index (χ1) is 26.9. The van der Waals surface area contributed by atoms with Gasteiger partial charge in [-0.1, -0.05) is 119 Å². The summed E-state index contributed by atoms with van der Waals surface area (Å²) < 4.78 is 37.6. The Morgan fingerprint density at radius 1 is 0.456 bits per heavy atom. The number of rotatable bonds is 9. The van der Waals surface area contributed by atoms with Gasteiger partial charge in [0, 0.05) is 20.1 Å². The molecule has 0 fully saturated rings. The maximum absolute atomic E-state index is 12.5. The van der Waals surface area contributed by atoms with Crippen molar-refractivity contribution in [3.63, 3.8) is 0 Å². The van der Waals surface area contributed by atoms with Crippen molar-refractivity contribution >= 4 is 64.3 Å². The molecule has 0 bridgehead atoms. The van der Waals surface area contributed by atoms with E-state index in [1.807, 2.05) is 55.5 Å². The second-order valence-corrected chi connectivity index (χ2v) is 14.3. The monoisotopic (exact) mass is 854 g/mol. The highest BCUT2D eigenvalue weighted by atomic mass is 35.5. The Morgan fingerprint density at radius 2 is 0.737 bits per heavy atom. The number of aliphatic carboxylic acids is 3.